The highest BCUT2D eigenvalue weighted by molar-refractivity contribution is 6.22. The van der Waals surface area contributed by atoms with Gasteiger partial charge in [0.1, 0.15) is 0 Å². The lowest BCUT2D eigenvalue weighted by Gasteiger charge is -2.20. The number of likely N-dealkylation sites (N-methyl/N-ethyl adjacent to an activating group) is 1. The van der Waals surface area contributed by atoms with Gasteiger partial charge in [-0.15, -0.1) is 0 Å². The quantitative estimate of drug-likeness (QED) is 0.916. The summed E-state index contributed by atoms with van der Waals surface area (Å²) < 4.78 is 0. The van der Waals surface area contributed by atoms with Crippen LogP contribution in [0.1, 0.15) is 22.3 Å². The molecule has 2 N–H and O–H groups in total. The van der Waals surface area contributed by atoms with Crippen LogP contribution in [-0.4, -0.2) is 37.4 Å². The molecule has 0 spiro atoms. The van der Waals surface area contributed by atoms with Crippen LogP contribution in [0.15, 0.2) is 42.0 Å². The summed E-state index contributed by atoms with van der Waals surface area (Å²) in [7, 11) is 2.04. The highest BCUT2D eigenvalue weighted by atomic mass is 16.1. The summed E-state index contributed by atoms with van der Waals surface area (Å²) in [5.41, 5.74) is 8.44. The van der Waals surface area contributed by atoms with E-state index in [1.54, 1.807) is 0 Å². The fourth-order valence-corrected chi connectivity index (χ4v) is 2.93. The average molecular weight is 280 g/mol. The summed E-state index contributed by atoms with van der Waals surface area (Å²) >= 11 is 0. The zero-order valence-corrected chi connectivity index (χ0v) is 12.3. The van der Waals surface area contributed by atoms with Gasteiger partial charge in [0.15, 0.2) is 5.78 Å². The molecule has 3 heteroatoms. The molecule has 3 rings (SSSR count). The molecule has 0 radical (unpaired) electrons. The van der Waals surface area contributed by atoms with Gasteiger partial charge in [-0.3, -0.25) is 4.79 Å². The maximum atomic E-state index is 12.7. The third kappa shape index (κ3) is 2.62. The minimum absolute atomic E-state index is 0.167. The van der Waals surface area contributed by atoms with E-state index >= 15 is 0 Å². The lowest BCUT2D eigenvalue weighted by molar-refractivity contribution is 0.103. The fraction of sp³-hybridized carbons (Fsp3) is 0.278. The lowest BCUT2D eigenvalue weighted by Crippen LogP contribution is -2.27. The summed E-state index contributed by atoms with van der Waals surface area (Å²) in [4.78, 5) is 14.8. The summed E-state index contributed by atoms with van der Waals surface area (Å²) in [6, 6.07) is 12.1. The molecule has 0 aliphatic heterocycles. The van der Waals surface area contributed by atoms with Crippen molar-refractivity contribution in [1.29, 1.82) is 0 Å². The lowest BCUT2D eigenvalue weighted by atomic mass is 9.87. The predicted octanol–water partition coefficient (Wildman–Crippen LogP) is 2.70. The zero-order chi connectivity index (χ0) is 14.8. The first-order chi connectivity index (χ1) is 10.2. The first kappa shape index (κ1) is 14.0. The van der Waals surface area contributed by atoms with Gasteiger partial charge < -0.3 is 10.6 Å². The molecule has 0 saturated heterocycles. The molecule has 108 valence electrons. The molecular formula is C18H20N2O. The Balaban J connectivity index is 1.93. The van der Waals surface area contributed by atoms with Crippen LogP contribution in [0.5, 0.6) is 0 Å². The molecular weight excluding hydrogens is 260 g/mol. The highest BCUT2D eigenvalue weighted by Gasteiger charge is 2.21. The van der Waals surface area contributed by atoms with Crippen molar-refractivity contribution in [2.45, 2.75) is 6.42 Å². The van der Waals surface area contributed by atoms with Gasteiger partial charge in [0.05, 0.1) is 0 Å². The number of carbonyl (C=O) groups is 1. The van der Waals surface area contributed by atoms with E-state index in [9.17, 15) is 4.79 Å². The predicted molar refractivity (Wildman–Crippen MR) is 87.4 cm³/mol. The second-order valence-corrected chi connectivity index (χ2v) is 5.59. The number of hydrogen-bond acceptors (Lipinski definition) is 3. The van der Waals surface area contributed by atoms with Crippen molar-refractivity contribution in [2.75, 3.05) is 26.7 Å². The third-order valence-electron chi connectivity index (χ3n) is 4.08. The smallest absolute Gasteiger partial charge is 0.189 e. The van der Waals surface area contributed by atoms with Gasteiger partial charge in [-0.05, 0) is 30.5 Å². The van der Waals surface area contributed by atoms with Crippen LogP contribution in [0.2, 0.25) is 0 Å². The largest absolute Gasteiger partial charge is 0.329 e. The van der Waals surface area contributed by atoms with Crippen LogP contribution in [0.25, 0.3) is 16.8 Å². The number of hydrogen-bond donors (Lipinski definition) is 1. The maximum Gasteiger partial charge on any atom is 0.189 e. The van der Waals surface area contributed by atoms with Crippen LogP contribution in [-0.2, 0) is 0 Å². The SMILES string of the molecule is CN(CCN)CCC1=Cc2cccc3cccc(c23)C1=O. The van der Waals surface area contributed by atoms with Crippen LogP contribution in [0.3, 0.4) is 0 Å². The van der Waals surface area contributed by atoms with Gasteiger partial charge in [-0.25, -0.2) is 0 Å². The molecule has 0 bridgehead atoms. The Morgan fingerprint density at radius 1 is 1.10 bits per heavy atom. The Hall–Kier alpha value is -1.97. The summed E-state index contributed by atoms with van der Waals surface area (Å²) in [5.74, 6) is 0.167. The Bertz CT molecular complexity index is 713. The molecule has 2 aromatic rings. The van der Waals surface area contributed by atoms with Gasteiger partial charge in [0.25, 0.3) is 0 Å². The van der Waals surface area contributed by atoms with E-state index in [-0.39, 0.29) is 5.78 Å². The topological polar surface area (TPSA) is 46.3 Å². The number of nitrogens with zero attached hydrogens (tertiary/aromatic N) is 1. The molecule has 0 aromatic heterocycles. The molecule has 0 heterocycles. The van der Waals surface area contributed by atoms with Crippen molar-refractivity contribution < 1.29 is 4.79 Å². The van der Waals surface area contributed by atoms with Crippen LogP contribution in [0.4, 0.5) is 0 Å². The highest BCUT2D eigenvalue weighted by Crippen LogP contribution is 2.32. The van der Waals surface area contributed by atoms with Crippen molar-refractivity contribution in [3.8, 4) is 0 Å². The second-order valence-electron chi connectivity index (χ2n) is 5.59. The third-order valence-corrected chi connectivity index (χ3v) is 4.08. The molecule has 1 aliphatic carbocycles. The number of nitrogens with two attached hydrogens (primary N) is 1. The monoisotopic (exact) mass is 280 g/mol. The van der Waals surface area contributed by atoms with Crippen molar-refractivity contribution >= 4 is 22.6 Å². The van der Waals surface area contributed by atoms with Gasteiger partial charge in [0, 0.05) is 36.2 Å². The summed E-state index contributed by atoms with van der Waals surface area (Å²) in [6.45, 7) is 2.35. The van der Waals surface area contributed by atoms with Crippen molar-refractivity contribution in [1.82, 2.24) is 4.90 Å². The first-order valence-electron chi connectivity index (χ1n) is 7.36. The molecule has 0 saturated carbocycles. The Kier molecular flexibility index (Phi) is 3.86. The van der Waals surface area contributed by atoms with Gasteiger partial charge in [0.2, 0.25) is 0 Å². The first-order valence-corrected chi connectivity index (χ1v) is 7.36. The van der Waals surface area contributed by atoms with Crippen LogP contribution in [0, 0.1) is 0 Å². The standard InChI is InChI=1S/C18H20N2O/c1-20(11-9-19)10-8-15-12-14-6-2-4-13-5-3-7-16(17(13)14)18(15)21/h2-7,12H,8-11,19H2,1H3. The number of ketones is 1. The second kappa shape index (κ2) is 5.80. The molecule has 2 aromatic carbocycles. The van der Waals surface area contributed by atoms with E-state index < -0.39 is 0 Å². The number of rotatable bonds is 5. The molecule has 1 aliphatic rings. The fourth-order valence-electron chi connectivity index (χ4n) is 2.93. The average Bonchev–Trinajstić information content (AvgIpc) is 2.50. The number of carbonyl (C=O) groups excluding carboxylic acids is 1. The van der Waals surface area contributed by atoms with Crippen molar-refractivity contribution in [3.63, 3.8) is 0 Å². The van der Waals surface area contributed by atoms with Gasteiger partial charge in [-0.2, -0.15) is 0 Å². The van der Waals surface area contributed by atoms with E-state index in [0.717, 1.165) is 47.0 Å². The Morgan fingerprint density at radius 3 is 2.62 bits per heavy atom. The minimum atomic E-state index is 0.167. The molecule has 0 atom stereocenters. The van der Waals surface area contributed by atoms with E-state index in [1.807, 2.05) is 31.3 Å². The number of benzene rings is 2. The normalized spacial score (nSPS) is 13.9. The zero-order valence-electron chi connectivity index (χ0n) is 12.3. The van der Waals surface area contributed by atoms with E-state index in [1.165, 1.54) is 0 Å². The summed E-state index contributed by atoms with van der Waals surface area (Å²) in [5, 5.41) is 2.22. The minimum Gasteiger partial charge on any atom is -0.329 e. The molecule has 21 heavy (non-hydrogen) atoms. The maximum absolute atomic E-state index is 12.7. The van der Waals surface area contributed by atoms with Gasteiger partial charge >= 0.3 is 0 Å². The molecule has 3 nitrogen and oxygen atoms in total. The van der Waals surface area contributed by atoms with Crippen LogP contribution < -0.4 is 5.73 Å². The Morgan fingerprint density at radius 2 is 1.86 bits per heavy atom. The Labute approximate surface area is 125 Å². The summed E-state index contributed by atoms with van der Waals surface area (Å²) in [6.07, 6.45) is 2.81. The van der Waals surface area contributed by atoms with Crippen molar-refractivity contribution in [3.05, 3.63) is 53.1 Å². The number of Topliss-reactive ketones (excluding diaryl/α,β-unsaturated/α-hetero) is 1. The molecule has 0 fully saturated rings. The van der Waals surface area contributed by atoms with Crippen molar-refractivity contribution in [2.24, 2.45) is 5.73 Å². The van der Waals surface area contributed by atoms with E-state index in [4.69, 9.17) is 5.73 Å². The van der Waals surface area contributed by atoms with E-state index in [0.29, 0.717) is 6.54 Å². The van der Waals surface area contributed by atoms with E-state index in [2.05, 4.69) is 23.1 Å². The molecule has 0 amide bonds. The molecule has 0 unspecified atom stereocenters. The van der Waals surface area contributed by atoms with Gasteiger partial charge in [-0.1, -0.05) is 36.4 Å². The van der Waals surface area contributed by atoms with Crippen LogP contribution >= 0.6 is 0 Å².